The summed E-state index contributed by atoms with van der Waals surface area (Å²) in [6, 6.07) is 4.96. The summed E-state index contributed by atoms with van der Waals surface area (Å²) in [6.07, 6.45) is -3.08. The summed E-state index contributed by atoms with van der Waals surface area (Å²) in [5.74, 6) is 0.692. The van der Waals surface area contributed by atoms with E-state index >= 15 is 0 Å². The Labute approximate surface area is 117 Å². The molecule has 0 spiro atoms. The lowest BCUT2D eigenvalue weighted by atomic mass is 9.98. The van der Waals surface area contributed by atoms with Crippen LogP contribution in [0.5, 0.6) is 0 Å². The van der Waals surface area contributed by atoms with Crippen molar-refractivity contribution in [2.24, 2.45) is 5.92 Å². The number of aliphatic hydroxyl groups is 1. The normalized spacial score (nSPS) is 20.1. The first kappa shape index (κ1) is 15.3. The number of piperidine rings is 1. The van der Waals surface area contributed by atoms with Gasteiger partial charge < -0.3 is 10.0 Å². The van der Waals surface area contributed by atoms with Crippen molar-refractivity contribution < 1.29 is 18.3 Å². The molecule has 0 aromatic heterocycles. The van der Waals surface area contributed by atoms with Crippen molar-refractivity contribution in [3.8, 4) is 0 Å². The van der Waals surface area contributed by atoms with Gasteiger partial charge in [0, 0.05) is 6.54 Å². The summed E-state index contributed by atoms with van der Waals surface area (Å²) < 4.78 is 37.9. The van der Waals surface area contributed by atoms with Gasteiger partial charge in [0.05, 0.1) is 11.7 Å². The van der Waals surface area contributed by atoms with E-state index in [0.717, 1.165) is 38.1 Å². The van der Waals surface area contributed by atoms with Crippen molar-refractivity contribution in [1.82, 2.24) is 4.90 Å². The Morgan fingerprint density at radius 3 is 2.55 bits per heavy atom. The van der Waals surface area contributed by atoms with Gasteiger partial charge in [-0.1, -0.05) is 19.1 Å². The van der Waals surface area contributed by atoms with Crippen LogP contribution in [0.1, 0.15) is 37.0 Å². The van der Waals surface area contributed by atoms with Crippen LogP contribution in [0.25, 0.3) is 0 Å². The Balaban J connectivity index is 2.00. The third kappa shape index (κ3) is 3.96. The number of nitrogens with zero attached hydrogens (tertiary/aromatic N) is 1. The lowest BCUT2D eigenvalue weighted by molar-refractivity contribution is -0.137. The molecular weight excluding hydrogens is 267 g/mol. The Hall–Kier alpha value is -1.07. The van der Waals surface area contributed by atoms with Gasteiger partial charge in [-0.3, -0.25) is 0 Å². The number of benzene rings is 1. The summed E-state index contributed by atoms with van der Waals surface area (Å²) in [4.78, 5) is 2.12. The van der Waals surface area contributed by atoms with Gasteiger partial charge in [-0.25, -0.2) is 0 Å². The van der Waals surface area contributed by atoms with Gasteiger partial charge in [0.15, 0.2) is 0 Å². The van der Waals surface area contributed by atoms with Crippen molar-refractivity contribution >= 4 is 0 Å². The molecule has 1 aromatic carbocycles. The number of aliphatic hydroxyl groups excluding tert-OH is 1. The molecule has 0 aliphatic carbocycles. The van der Waals surface area contributed by atoms with E-state index in [1.54, 1.807) is 6.07 Å². The zero-order valence-corrected chi connectivity index (χ0v) is 11.5. The fraction of sp³-hybridized carbons (Fsp3) is 0.600. The van der Waals surface area contributed by atoms with Gasteiger partial charge in [-0.2, -0.15) is 13.2 Å². The molecule has 0 saturated carbocycles. The van der Waals surface area contributed by atoms with Crippen molar-refractivity contribution in [1.29, 1.82) is 0 Å². The van der Waals surface area contributed by atoms with Crippen molar-refractivity contribution in [3.05, 3.63) is 35.4 Å². The summed E-state index contributed by atoms with van der Waals surface area (Å²) in [5, 5.41) is 10.1. The fourth-order valence-corrected chi connectivity index (χ4v) is 2.52. The summed E-state index contributed by atoms with van der Waals surface area (Å²) in [7, 11) is 0. The third-order valence-electron chi connectivity index (χ3n) is 3.91. The van der Waals surface area contributed by atoms with E-state index in [4.69, 9.17) is 0 Å². The van der Waals surface area contributed by atoms with Crippen LogP contribution >= 0.6 is 0 Å². The number of hydrogen-bond donors (Lipinski definition) is 1. The molecule has 1 N–H and O–H groups in total. The van der Waals surface area contributed by atoms with Crippen molar-refractivity contribution in [2.75, 3.05) is 19.6 Å². The van der Waals surface area contributed by atoms with Crippen LogP contribution in [0.2, 0.25) is 0 Å². The minimum Gasteiger partial charge on any atom is -0.387 e. The molecule has 0 bridgehead atoms. The first-order valence-corrected chi connectivity index (χ1v) is 6.94. The van der Waals surface area contributed by atoms with E-state index in [9.17, 15) is 18.3 Å². The molecule has 1 unspecified atom stereocenters. The SMILES string of the molecule is CC1CCN(CC(O)c2cccc(C(F)(F)F)c2)CC1. The van der Waals surface area contributed by atoms with Crippen LogP contribution in [0, 0.1) is 5.92 Å². The molecule has 0 amide bonds. The quantitative estimate of drug-likeness (QED) is 0.920. The second-order valence-electron chi connectivity index (χ2n) is 5.62. The van der Waals surface area contributed by atoms with E-state index in [0.29, 0.717) is 18.0 Å². The number of β-amino-alcohol motifs (C(OH)–C–C–N with tert-alkyl or cyclic N) is 1. The summed E-state index contributed by atoms with van der Waals surface area (Å²) >= 11 is 0. The molecule has 1 aliphatic heterocycles. The molecule has 0 radical (unpaired) electrons. The molecule has 1 aliphatic rings. The molecule has 20 heavy (non-hydrogen) atoms. The summed E-state index contributed by atoms with van der Waals surface area (Å²) in [6.45, 7) is 4.39. The maximum atomic E-state index is 12.6. The highest BCUT2D eigenvalue weighted by molar-refractivity contribution is 5.27. The van der Waals surface area contributed by atoms with Crippen LogP contribution in [-0.2, 0) is 6.18 Å². The van der Waals surface area contributed by atoms with Gasteiger partial charge in [-0.15, -0.1) is 0 Å². The van der Waals surface area contributed by atoms with Crippen molar-refractivity contribution in [3.63, 3.8) is 0 Å². The Bertz CT molecular complexity index is 439. The van der Waals surface area contributed by atoms with Gasteiger partial charge in [0.25, 0.3) is 0 Å². The van der Waals surface area contributed by atoms with Crippen LogP contribution in [0.3, 0.4) is 0 Å². The molecular formula is C15H20F3NO. The molecule has 112 valence electrons. The predicted molar refractivity (Wildman–Crippen MR) is 71.2 cm³/mol. The second kappa shape index (κ2) is 6.14. The highest BCUT2D eigenvalue weighted by atomic mass is 19.4. The smallest absolute Gasteiger partial charge is 0.387 e. The monoisotopic (exact) mass is 287 g/mol. The lowest BCUT2D eigenvalue weighted by Gasteiger charge is -2.31. The standard InChI is InChI=1S/C15H20F3NO/c1-11-5-7-19(8-6-11)10-14(20)12-3-2-4-13(9-12)15(16,17)18/h2-4,9,11,14,20H,5-8,10H2,1H3. The minimum absolute atomic E-state index is 0.332. The van der Waals surface area contributed by atoms with Gasteiger partial charge in [0.1, 0.15) is 0 Å². The Kier molecular flexibility index (Phi) is 4.70. The average Bonchev–Trinajstić information content (AvgIpc) is 2.40. The zero-order valence-electron chi connectivity index (χ0n) is 11.5. The van der Waals surface area contributed by atoms with Crippen LogP contribution in [0.15, 0.2) is 24.3 Å². The molecule has 1 heterocycles. The summed E-state index contributed by atoms with van der Waals surface area (Å²) in [5.41, 5.74) is -0.375. The first-order valence-electron chi connectivity index (χ1n) is 6.94. The van der Waals surface area contributed by atoms with Crippen LogP contribution in [-0.4, -0.2) is 29.6 Å². The van der Waals surface area contributed by atoms with Crippen molar-refractivity contribution in [2.45, 2.75) is 32.0 Å². The average molecular weight is 287 g/mol. The number of rotatable bonds is 3. The Morgan fingerprint density at radius 2 is 1.95 bits per heavy atom. The number of likely N-dealkylation sites (tertiary alicyclic amines) is 1. The largest absolute Gasteiger partial charge is 0.416 e. The molecule has 1 fully saturated rings. The highest BCUT2D eigenvalue weighted by Crippen LogP contribution is 2.31. The predicted octanol–water partition coefficient (Wildman–Crippen LogP) is 3.47. The third-order valence-corrected chi connectivity index (χ3v) is 3.91. The van der Waals surface area contributed by atoms with E-state index in [1.165, 1.54) is 6.07 Å². The molecule has 2 nitrogen and oxygen atoms in total. The molecule has 2 rings (SSSR count). The van der Waals surface area contributed by atoms with Crippen LogP contribution in [0.4, 0.5) is 13.2 Å². The van der Waals surface area contributed by atoms with E-state index < -0.39 is 17.8 Å². The number of halogens is 3. The fourth-order valence-electron chi connectivity index (χ4n) is 2.52. The number of hydrogen-bond acceptors (Lipinski definition) is 2. The molecule has 5 heteroatoms. The molecule has 1 saturated heterocycles. The maximum absolute atomic E-state index is 12.6. The second-order valence-corrected chi connectivity index (χ2v) is 5.62. The minimum atomic E-state index is -4.36. The lowest BCUT2D eigenvalue weighted by Crippen LogP contribution is -2.36. The van der Waals surface area contributed by atoms with E-state index in [-0.39, 0.29) is 0 Å². The van der Waals surface area contributed by atoms with Gasteiger partial charge >= 0.3 is 6.18 Å². The van der Waals surface area contributed by atoms with Gasteiger partial charge in [0.2, 0.25) is 0 Å². The maximum Gasteiger partial charge on any atom is 0.416 e. The van der Waals surface area contributed by atoms with Gasteiger partial charge in [-0.05, 0) is 49.5 Å². The Morgan fingerprint density at radius 1 is 1.30 bits per heavy atom. The zero-order chi connectivity index (χ0) is 14.8. The highest BCUT2D eigenvalue weighted by Gasteiger charge is 2.31. The molecule has 1 aromatic rings. The number of alkyl halides is 3. The topological polar surface area (TPSA) is 23.5 Å². The molecule has 1 atom stereocenters. The first-order chi connectivity index (χ1) is 9.36. The van der Waals surface area contributed by atoms with E-state index in [1.807, 2.05) is 0 Å². The van der Waals surface area contributed by atoms with Crippen LogP contribution < -0.4 is 0 Å². The van der Waals surface area contributed by atoms with E-state index in [2.05, 4.69) is 11.8 Å².